The minimum Gasteiger partial charge on any atom is -0.480 e. The van der Waals surface area contributed by atoms with Crippen LogP contribution in [0.1, 0.15) is 20.3 Å². The van der Waals surface area contributed by atoms with Crippen molar-refractivity contribution >= 4 is 16.0 Å². The Balaban J connectivity index is 3.04. The first-order valence-electron chi connectivity index (χ1n) is 5.78. The molecule has 0 amide bonds. The zero-order valence-corrected chi connectivity index (χ0v) is 11.4. The number of hydrogen-bond donors (Lipinski definition) is 2. The number of carbonyl (C=O) groups is 1. The highest BCUT2D eigenvalue weighted by Gasteiger charge is 2.29. The van der Waals surface area contributed by atoms with Crippen molar-refractivity contribution < 1.29 is 22.7 Å². The van der Waals surface area contributed by atoms with E-state index >= 15 is 0 Å². The number of carboxylic acids is 1. The summed E-state index contributed by atoms with van der Waals surface area (Å²) in [5.74, 6) is -2.33. The average Bonchev–Trinajstić information content (AvgIpc) is 2.35. The third-order valence-electron chi connectivity index (χ3n) is 2.87. The molecule has 0 fully saturated rings. The SMILES string of the molecule is CC[C@H](C)[C@H](NS(=O)(=O)c1cccc(F)c1)C(=O)O. The van der Waals surface area contributed by atoms with Gasteiger partial charge in [0.2, 0.25) is 10.0 Å². The topological polar surface area (TPSA) is 83.5 Å². The van der Waals surface area contributed by atoms with E-state index in [1.807, 2.05) is 0 Å². The van der Waals surface area contributed by atoms with Gasteiger partial charge in [0.1, 0.15) is 11.9 Å². The lowest BCUT2D eigenvalue weighted by atomic mass is 10.0. The summed E-state index contributed by atoms with van der Waals surface area (Å²) in [7, 11) is -4.05. The number of halogens is 1. The van der Waals surface area contributed by atoms with Gasteiger partial charge in [0.15, 0.2) is 0 Å². The van der Waals surface area contributed by atoms with Gasteiger partial charge >= 0.3 is 5.97 Å². The Morgan fingerprint density at radius 3 is 2.58 bits per heavy atom. The van der Waals surface area contributed by atoms with Gasteiger partial charge < -0.3 is 5.11 Å². The molecular weight excluding hydrogens is 273 g/mol. The Morgan fingerprint density at radius 1 is 1.47 bits per heavy atom. The van der Waals surface area contributed by atoms with E-state index in [1.54, 1.807) is 13.8 Å². The molecule has 0 heterocycles. The minimum atomic E-state index is -4.05. The van der Waals surface area contributed by atoms with Crippen LogP contribution in [-0.2, 0) is 14.8 Å². The maximum absolute atomic E-state index is 13.0. The Morgan fingerprint density at radius 2 is 2.11 bits per heavy atom. The molecule has 0 aromatic heterocycles. The summed E-state index contributed by atoms with van der Waals surface area (Å²) in [6.07, 6.45) is 0.503. The van der Waals surface area contributed by atoms with Crippen molar-refractivity contribution in [1.82, 2.24) is 4.72 Å². The molecule has 19 heavy (non-hydrogen) atoms. The van der Waals surface area contributed by atoms with Crippen molar-refractivity contribution in [2.45, 2.75) is 31.2 Å². The van der Waals surface area contributed by atoms with E-state index in [1.165, 1.54) is 12.1 Å². The molecule has 0 radical (unpaired) electrons. The van der Waals surface area contributed by atoms with Crippen molar-refractivity contribution in [3.63, 3.8) is 0 Å². The largest absolute Gasteiger partial charge is 0.480 e. The molecule has 2 atom stereocenters. The van der Waals surface area contributed by atoms with Crippen molar-refractivity contribution in [2.75, 3.05) is 0 Å². The van der Waals surface area contributed by atoms with Gasteiger partial charge in [0, 0.05) is 0 Å². The molecule has 7 heteroatoms. The third kappa shape index (κ3) is 4.00. The predicted molar refractivity (Wildman–Crippen MR) is 67.6 cm³/mol. The Labute approximate surface area is 111 Å². The van der Waals surface area contributed by atoms with E-state index in [4.69, 9.17) is 5.11 Å². The molecule has 1 aromatic carbocycles. The van der Waals surface area contributed by atoms with Crippen LogP contribution in [0, 0.1) is 11.7 Å². The molecule has 0 spiro atoms. The van der Waals surface area contributed by atoms with Crippen molar-refractivity contribution in [1.29, 1.82) is 0 Å². The van der Waals surface area contributed by atoms with Crippen LogP contribution < -0.4 is 4.72 Å². The highest BCUT2D eigenvalue weighted by molar-refractivity contribution is 7.89. The number of benzene rings is 1. The second-order valence-corrected chi connectivity index (χ2v) is 5.99. The first-order valence-corrected chi connectivity index (χ1v) is 7.27. The van der Waals surface area contributed by atoms with Gasteiger partial charge in [-0.15, -0.1) is 0 Å². The van der Waals surface area contributed by atoms with E-state index in [0.29, 0.717) is 6.42 Å². The normalized spacial score (nSPS) is 14.9. The summed E-state index contributed by atoms with van der Waals surface area (Å²) >= 11 is 0. The van der Waals surface area contributed by atoms with Gasteiger partial charge in [-0.25, -0.2) is 12.8 Å². The van der Waals surface area contributed by atoms with Gasteiger partial charge in [-0.3, -0.25) is 4.79 Å². The molecule has 0 bridgehead atoms. The fourth-order valence-electron chi connectivity index (χ4n) is 1.52. The number of carboxylic acid groups (broad SMARTS) is 1. The molecular formula is C12H16FNO4S. The summed E-state index contributed by atoms with van der Waals surface area (Å²) in [6.45, 7) is 3.39. The van der Waals surface area contributed by atoms with Crippen LogP contribution in [0.2, 0.25) is 0 Å². The fraction of sp³-hybridized carbons (Fsp3) is 0.417. The number of aliphatic carboxylic acids is 1. The lowest BCUT2D eigenvalue weighted by Crippen LogP contribution is -2.44. The van der Waals surface area contributed by atoms with Gasteiger partial charge in [-0.1, -0.05) is 26.3 Å². The van der Waals surface area contributed by atoms with Crippen LogP contribution in [-0.4, -0.2) is 25.5 Å². The van der Waals surface area contributed by atoms with E-state index in [0.717, 1.165) is 12.1 Å². The maximum atomic E-state index is 13.0. The van der Waals surface area contributed by atoms with Crippen LogP contribution in [0.25, 0.3) is 0 Å². The zero-order valence-electron chi connectivity index (χ0n) is 10.6. The quantitative estimate of drug-likeness (QED) is 0.833. The molecule has 0 aliphatic rings. The standard InChI is InChI=1S/C12H16FNO4S/c1-3-8(2)11(12(15)16)14-19(17,18)10-6-4-5-9(13)7-10/h4-8,11,14H,3H2,1-2H3,(H,15,16)/t8-,11-/m0/s1. The van der Waals surface area contributed by atoms with E-state index in [-0.39, 0.29) is 10.8 Å². The van der Waals surface area contributed by atoms with Crippen molar-refractivity contribution in [3.05, 3.63) is 30.1 Å². The first-order chi connectivity index (χ1) is 8.77. The molecule has 0 aliphatic carbocycles. The highest BCUT2D eigenvalue weighted by atomic mass is 32.2. The van der Waals surface area contributed by atoms with Crippen LogP contribution in [0.15, 0.2) is 29.2 Å². The predicted octanol–water partition coefficient (Wildman–Crippen LogP) is 1.60. The lowest BCUT2D eigenvalue weighted by molar-refractivity contribution is -0.140. The Hall–Kier alpha value is -1.47. The van der Waals surface area contributed by atoms with E-state index < -0.39 is 27.9 Å². The van der Waals surface area contributed by atoms with Crippen LogP contribution in [0.5, 0.6) is 0 Å². The number of nitrogens with one attached hydrogen (secondary N) is 1. The van der Waals surface area contributed by atoms with Crippen LogP contribution >= 0.6 is 0 Å². The summed E-state index contributed by atoms with van der Waals surface area (Å²) in [6, 6.07) is 3.18. The zero-order chi connectivity index (χ0) is 14.6. The monoisotopic (exact) mass is 289 g/mol. The molecule has 0 aliphatic heterocycles. The molecule has 1 aromatic rings. The number of hydrogen-bond acceptors (Lipinski definition) is 3. The number of rotatable bonds is 6. The number of sulfonamides is 1. The minimum absolute atomic E-state index is 0.290. The van der Waals surface area contributed by atoms with Crippen LogP contribution in [0.4, 0.5) is 4.39 Å². The van der Waals surface area contributed by atoms with Gasteiger partial charge in [0.05, 0.1) is 4.90 Å². The lowest BCUT2D eigenvalue weighted by Gasteiger charge is -2.20. The van der Waals surface area contributed by atoms with E-state index in [9.17, 15) is 17.6 Å². The molecule has 0 unspecified atom stereocenters. The first kappa shape index (κ1) is 15.6. The summed E-state index contributed by atoms with van der Waals surface area (Å²) in [5, 5.41) is 9.04. The van der Waals surface area contributed by atoms with Crippen LogP contribution in [0.3, 0.4) is 0 Å². The summed E-state index contributed by atoms with van der Waals surface area (Å²) in [4.78, 5) is 10.8. The fourth-order valence-corrected chi connectivity index (χ4v) is 2.84. The average molecular weight is 289 g/mol. The van der Waals surface area contributed by atoms with Gasteiger partial charge in [-0.05, 0) is 24.1 Å². The second-order valence-electron chi connectivity index (χ2n) is 4.28. The van der Waals surface area contributed by atoms with E-state index in [2.05, 4.69) is 4.72 Å². The summed E-state index contributed by atoms with van der Waals surface area (Å²) in [5.41, 5.74) is 0. The second kappa shape index (κ2) is 6.12. The molecule has 0 saturated heterocycles. The maximum Gasteiger partial charge on any atom is 0.322 e. The summed E-state index contributed by atoms with van der Waals surface area (Å²) < 4.78 is 39.1. The molecule has 1 rings (SSSR count). The van der Waals surface area contributed by atoms with Gasteiger partial charge in [-0.2, -0.15) is 4.72 Å². The third-order valence-corrected chi connectivity index (χ3v) is 4.31. The molecule has 2 N–H and O–H groups in total. The Bertz CT molecular complexity index is 559. The van der Waals surface area contributed by atoms with Crippen molar-refractivity contribution in [2.24, 2.45) is 5.92 Å². The van der Waals surface area contributed by atoms with Crippen molar-refractivity contribution in [3.8, 4) is 0 Å². The molecule has 0 saturated carbocycles. The molecule has 106 valence electrons. The van der Waals surface area contributed by atoms with Gasteiger partial charge in [0.25, 0.3) is 0 Å². The smallest absolute Gasteiger partial charge is 0.322 e. The Kier molecular flexibility index (Phi) is 5.02. The highest BCUT2D eigenvalue weighted by Crippen LogP contribution is 2.15. The molecule has 5 nitrogen and oxygen atoms in total.